The molecule has 0 atom stereocenters. The number of hydrogen-bond acceptors (Lipinski definition) is 6. The zero-order valence-corrected chi connectivity index (χ0v) is 13.1. The number of carbonyl (C=O) groups excluding carboxylic acids is 1. The van der Waals surface area contributed by atoms with E-state index >= 15 is 0 Å². The van der Waals surface area contributed by atoms with Crippen LogP contribution in [0.4, 0.5) is 0 Å². The summed E-state index contributed by atoms with van der Waals surface area (Å²) in [5.41, 5.74) is 0.0691. The number of rotatable bonds is 12. The zero-order valence-electron chi connectivity index (χ0n) is 13.1. The highest BCUT2D eigenvalue weighted by atomic mass is 16.5. The molecule has 1 amide bonds. The number of methoxy groups -OCH3 is 3. The molecule has 0 rings (SSSR count). The van der Waals surface area contributed by atoms with Gasteiger partial charge in [-0.1, -0.05) is 0 Å². The van der Waals surface area contributed by atoms with Gasteiger partial charge in [-0.05, 0) is 6.42 Å². The van der Waals surface area contributed by atoms with Crippen LogP contribution >= 0.6 is 0 Å². The highest BCUT2D eigenvalue weighted by Gasteiger charge is 2.10. The first-order chi connectivity index (χ1) is 10.2. The lowest BCUT2D eigenvalue weighted by molar-refractivity contribution is -0.117. The van der Waals surface area contributed by atoms with Gasteiger partial charge in [0.05, 0.1) is 13.2 Å². The van der Waals surface area contributed by atoms with Crippen molar-refractivity contribution in [1.29, 1.82) is 5.26 Å². The normalized spacial score (nSPS) is 11.0. The minimum absolute atomic E-state index is 0.0691. The summed E-state index contributed by atoms with van der Waals surface area (Å²) in [5.74, 6) is -0.381. The summed E-state index contributed by atoms with van der Waals surface area (Å²) < 4.78 is 14.9. The molecule has 0 aliphatic rings. The second-order valence-electron chi connectivity index (χ2n) is 4.28. The molecule has 0 aromatic heterocycles. The highest BCUT2D eigenvalue weighted by Crippen LogP contribution is 1.99. The van der Waals surface area contributed by atoms with Gasteiger partial charge in [0.15, 0.2) is 0 Å². The van der Waals surface area contributed by atoms with E-state index < -0.39 is 0 Å². The Morgan fingerprint density at radius 3 is 2.19 bits per heavy atom. The zero-order chi connectivity index (χ0) is 15.9. The maximum absolute atomic E-state index is 11.9. The van der Waals surface area contributed by atoms with Crippen molar-refractivity contribution < 1.29 is 19.0 Å². The number of nitrogens with one attached hydrogen (secondary N) is 1. The first-order valence-electron chi connectivity index (χ1n) is 6.80. The van der Waals surface area contributed by atoms with Gasteiger partial charge < -0.3 is 24.4 Å². The van der Waals surface area contributed by atoms with Crippen LogP contribution < -0.4 is 5.32 Å². The van der Waals surface area contributed by atoms with E-state index in [4.69, 9.17) is 19.5 Å². The topological polar surface area (TPSA) is 83.8 Å². The van der Waals surface area contributed by atoms with Crippen molar-refractivity contribution >= 4 is 5.91 Å². The molecule has 0 radical (unpaired) electrons. The summed E-state index contributed by atoms with van der Waals surface area (Å²) in [7, 11) is 4.81. The molecule has 1 N–H and O–H groups in total. The molecule has 0 aliphatic carbocycles. The van der Waals surface area contributed by atoms with Gasteiger partial charge in [0.25, 0.3) is 5.91 Å². The molecule has 0 heterocycles. The third kappa shape index (κ3) is 9.85. The van der Waals surface area contributed by atoms with Gasteiger partial charge in [0, 0.05) is 53.8 Å². The van der Waals surface area contributed by atoms with Crippen molar-refractivity contribution in [3.63, 3.8) is 0 Å². The van der Waals surface area contributed by atoms with Crippen LogP contribution in [0.1, 0.15) is 6.42 Å². The van der Waals surface area contributed by atoms with E-state index in [1.54, 1.807) is 27.5 Å². The summed E-state index contributed by atoms with van der Waals surface area (Å²) in [6, 6.07) is 1.92. The molecule has 120 valence electrons. The smallest absolute Gasteiger partial charge is 0.263 e. The maximum atomic E-state index is 11.9. The number of carbonyl (C=O) groups is 1. The Morgan fingerprint density at radius 2 is 1.71 bits per heavy atom. The Hall–Kier alpha value is -1.62. The Balaban J connectivity index is 4.52. The maximum Gasteiger partial charge on any atom is 0.263 e. The molecule has 0 unspecified atom stereocenters. The van der Waals surface area contributed by atoms with Crippen LogP contribution in [0.25, 0.3) is 0 Å². The quantitative estimate of drug-likeness (QED) is 0.313. The second-order valence-corrected chi connectivity index (χ2v) is 4.28. The number of amides is 1. The van der Waals surface area contributed by atoms with Crippen molar-refractivity contribution in [2.24, 2.45) is 0 Å². The molecule has 0 spiro atoms. The monoisotopic (exact) mass is 299 g/mol. The molecule has 0 saturated heterocycles. The van der Waals surface area contributed by atoms with Crippen molar-refractivity contribution in [2.45, 2.75) is 6.42 Å². The van der Waals surface area contributed by atoms with Crippen LogP contribution in [0.3, 0.4) is 0 Å². The molecule has 0 aromatic carbocycles. The van der Waals surface area contributed by atoms with Gasteiger partial charge in [-0.3, -0.25) is 4.79 Å². The predicted molar refractivity (Wildman–Crippen MR) is 78.5 cm³/mol. The molecule has 7 nitrogen and oxygen atoms in total. The van der Waals surface area contributed by atoms with Gasteiger partial charge in [0.1, 0.15) is 11.6 Å². The summed E-state index contributed by atoms with van der Waals surface area (Å²) in [6.45, 7) is 3.23. The number of ether oxygens (including phenoxy) is 3. The van der Waals surface area contributed by atoms with Crippen LogP contribution in [0.2, 0.25) is 0 Å². The van der Waals surface area contributed by atoms with Crippen LogP contribution in [0.15, 0.2) is 11.8 Å². The lowest BCUT2D eigenvalue weighted by Crippen LogP contribution is -2.30. The Morgan fingerprint density at radius 1 is 1.14 bits per heavy atom. The minimum Gasteiger partial charge on any atom is -0.385 e. The lowest BCUT2D eigenvalue weighted by atomic mass is 10.2. The van der Waals surface area contributed by atoms with Crippen molar-refractivity contribution in [1.82, 2.24) is 10.2 Å². The number of nitrogens with zero attached hydrogens (tertiary/aromatic N) is 2. The molecule has 0 bridgehead atoms. The third-order valence-corrected chi connectivity index (χ3v) is 2.65. The highest BCUT2D eigenvalue weighted by molar-refractivity contribution is 5.97. The third-order valence-electron chi connectivity index (χ3n) is 2.65. The van der Waals surface area contributed by atoms with E-state index in [0.717, 1.165) is 0 Å². The van der Waals surface area contributed by atoms with Gasteiger partial charge >= 0.3 is 0 Å². The summed E-state index contributed by atoms with van der Waals surface area (Å²) in [4.78, 5) is 13.7. The van der Waals surface area contributed by atoms with Crippen LogP contribution in [-0.4, -0.2) is 71.6 Å². The Labute approximate surface area is 126 Å². The average Bonchev–Trinajstić information content (AvgIpc) is 2.50. The van der Waals surface area contributed by atoms with E-state index in [1.165, 1.54) is 0 Å². The molecular formula is C14H25N3O4. The number of nitriles is 1. The molecular weight excluding hydrogens is 274 g/mol. The number of hydrogen-bond donors (Lipinski definition) is 1. The van der Waals surface area contributed by atoms with Crippen LogP contribution in [0.5, 0.6) is 0 Å². The molecule has 0 saturated carbocycles. The van der Waals surface area contributed by atoms with E-state index in [0.29, 0.717) is 45.9 Å². The van der Waals surface area contributed by atoms with Crippen molar-refractivity contribution in [3.8, 4) is 6.07 Å². The van der Waals surface area contributed by atoms with Crippen LogP contribution in [0, 0.1) is 11.3 Å². The lowest BCUT2D eigenvalue weighted by Gasteiger charge is -2.20. The molecule has 0 aliphatic heterocycles. The van der Waals surface area contributed by atoms with Crippen molar-refractivity contribution in [2.75, 3.05) is 60.8 Å². The fourth-order valence-corrected chi connectivity index (χ4v) is 1.49. The Bertz CT molecular complexity index is 345. The van der Waals surface area contributed by atoms with E-state index in [9.17, 15) is 4.79 Å². The standard InChI is InChI=1S/C14H25N3O4/c1-19-8-4-5-16-14(18)13(11-15)12-17(6-9-20-2)7-10-21-3/h12H,4-10H2,1-3H3,(H,16,18)/b13-12-. The van der Waals surface area contributed by atoms with Gasteiger partial charge in [-0.2, -0.15) is 5.26 Å². The van der Waals surface area contributed by atoms with E-state index in [-0.39, 0.29) is 11.5 Å². The van der Waals surface area contributed by atoms with Gasteiger partial charge in [-0.25, -0.2) is 0 Å². The summed E-state index contributed by atoms with van der Waals surface area (Å²) >= 11 is 0. The van der Waals surface area contributed by atoms with Crippen LogP contribution in [-0.2, 0) is 19.0 Å². The van der Waals surface area contributed by atoms with E-state index in [1.807, 2.05) is 11.0 Å². The van der Waals surface area contributed by atoms with E-state index in [2.05, 4.69) is 5.32 Å². The predicted octanol–water partition coefficient (Wildman–Crippen LogP) is 0.141. The van der Waals surface area contributed by atoms with Gasteiger partial charge in [-0.15, -0.1) is 0 Å². The SMILES string of the molecule is COCCCNC(=O)/C(C#N)=C\N(CCOC)CCOC. The largest absolute Gasteiger partial charge is 0.385 e. The summed E-state index contributed by atoms with van der Waals surface area (Å²) in [5, 5.41) is 11.8. The van der Waals surface area contributed by atoms with Gasteiger partial charge in [0.2, 0.25) is 0 Å². The first kappa shape index (κ1) is 19.4. The molecule has 0 fully saturated rings. The molecule has 21 heavy (non-hydrogen) atoms. The summed E-state index contributed by atoms with van der Waals surface area (Å²) in [6.07, 6.45) is 2.25. The second kappa shape index (κ2) is 13.4. The van der Waals surface area contributed by atoms with Crippen molar-refractivity contribution in [3.05, 3.63) is 11.8 Å². The minimum atomic E-state index is -0.381. The Kier molecular flexibility index (Phi) is 12.3. The fraction of sp³-hybridized carbons (Fsp3) is 0.714. The molecule has 7 heteroatoms. The fourth-order valence-electron chi connectivity index (χ4n) is 1.49. The first-order valence-corrected chi connectivity index (χ1v) is 6.80. The average molecular weight is 299 g/mol. The molecule has 0 aromatic rings.